The Labute approximate surface area is 113 Å². The van der Waals surface area contributed by atoms with Crippen LogP contribution in [0.2, 0.25) is 0 Å². The molecule has 0 spiro atoms. The van der Waals surface area contributed by atoms with Crippen molar-refractivity contribution in [2.24, 2.45) is 0 Å². The first kappa shape index (κ1) is 13.7. The van der Waals surface area contributed by atoms with E-state index in [4.69, 9.17) is 0 Å². The number of hydrogen-bond acceptors (Lipinski definition) is 2. The van der Waals surface area contributed by atoms with E-state index in [9.17, 15) is 4.39 Å². The molecule has 1 heterocycles. The first-order valence-electron chi connectivity index (χ1n) is 6.62. The van der Waals surface area contributed by atoms with E-state index in [1.54, 1.807) is 18.3 Å². The molecule has 1 aromatic heterocycles. The van der Waals surface area contributed by atoms with Crippen LogP contribution < -0.4 is 5.32 Å². The molecule has 19 heavy (non-hydrogen) atoms. The lowest BCUT2D eigenvalue weighted by Gasteiger charge is -2.21. The van der Waals surface area contributed by atoms with E-state index < -0.39 is 0 Å². The summed E-state index contributed by atoms with van der Waals surface area (Å²) in [4.78, 5) is 4.32. The predicted octanol–water partition coefficient (Wildman–Crippen LogP) is 3.62. The maximum atomic E-state index is 13.4. The van der Waals surface area contributed by atoms with Crippen LogP contribution in [0.5, 0.6) is 0 Å². The summed E-state index contributed by atoms with van der Waals surface area (Å²) in [5, 5.41) is 3.46. The van der Waals surface area contributed by atoms with Gasteiger partial charge in [0.05, 0.1) is 6.04 Å². The van der Waals surface area contributed by atoms with Gasteiger partial charge >= 0.3 is 0 Å². The molecule has 0 saturated heterocycles. The van der Waals surface area contributed by atoms with Crippen molar-refractivity contribution >= 4 is 0 Å². The number of aromatic nitrogens is 1. The van der Waals surface area contributed by atoms with Crippen molar-refractivity contribution in [1.82, 2.24) is 10.3 Å². The van der Waals surface area contributed by atoms with Crippen LogP contribution in [0, 0.1) is 12.7 Å². The van der Waals surface area contributed by atoms with Gasteiger partial charge in [-0.2, -0.15) is 0 Å². The minimum atomic E-state index is -0.206. The van der Waals surface area contributed by atoms with Gasteiger partial charge < -0.3 is 5.32 Å². The van der Waals surface area contributed by atoms with Gasteiger partial charge in [0.1, 0.15) is 5.82 Å². The summed E-state index contributed by atoms with van der Waals surface area (Å²) in [5.41, 5.74) is 3.01. The van der Waals surface area contributed by atoms with E-state index >= 15 is 0 Å². The van der Waals surface area contributed by atoms with Crippen LogP contribution in [0.15, 0.2) is 42.6 Å². The molecule has 0 aliphatic rings. The molecule has 0 fully saturated rings. The molecule has 100 valence electrons. The van der Waals surface area contributed by atoms with Gasteiger partial charge in [0.25, 0.3) is 0 Å². The Morgan fingerprint density at radius 1 is 1.26 bits per heavy atom. The Kier molecular flexibility index (Phi) is 4.63. The lowest BCUT2D eigenvalue weighted by atomic mass is 9.97. The Morgan fingerprint density at radius 2 is 2.11 bits per heavy atom. The molecular weight excluding hydrogens is 239 g/mol. The topological polar surface area (TPSA) is 24.9 Å². The van der Waals surface area contributed by atoms with Gasteiger partial charge in [0.15, 0.2) is 0 Å². The van der Waals surface area contributed by atoms with E-state index in [1.807, 2.05) is 25.1 Å². The Bertz CT molecular complexity index is 540. The van der Waals surface area contributed by atoms with Crippen LogP contribution in [-0.4, -0.2) is 11.5 Å². The standard InChI is InChI=1S/C16H19FN2/c1-3-9-19-16(13-6-4-7-14(17)11-13)15-8-5-10-18-12(15)2/h4-8,10-11,16,19H,3,9H2,1-2H3. The first-order chi connectivity index (χ1) is 9.22. The highest BCUT2D eigenvalue weighted by Crippen LogP contribution is 2.24. The van der Waals surface area contributed by atoms with E-state index in [0.717, 1.165) is 29.8 Å². The number of hydrogen-bond donors (Lipinski definition) is 1. The van der Waals surface area contributed by atoms with E-state index in [1.165, 1.54) is 6.07 Å². The zero-order valence-electron chi connectivity index (χ0n) is 11.4. The fourth-order valence-corrected chi connectivity index (χ4v) is 2.18. The minimum Gasteiger partial charge on any atom is -0.306 e. The van der Waals surface area contributed by atoms with E-state index in [2.05, 4.69) is 17.2 Å². The van der Waals surface area contributed by atoms with Gasteiger partial charge in [-0.25, -0.2) is 4.39 Å². The van der Waals surface area contributed by atoms with Crippen LogP contribution in [0.4, 0.5) is 4.39 Å². The minimum absolute atomic E-state index is 0.00986. The number of halogens is 1. The number of pyridine rings is 1. The second-order valence-corrected chi connectivity index (χ2v) is 4.62. The van der Waals surface area contributed by atoms with E-state index in [-0.39, 0.29) is 11.9 Å². The summed E-state index contributed by atoms with van der Waals surface area (Å²) < 4.78 is 13.4. The van der Waals surface area contributed by atoms with Gasteiger partial charge in [-0.3, -0.25) is 4.98 Å². The molecule has 0 aliphatic heterocycles. The highest BCUT2D eigenvalue weighted by Gasteiger charge is 2.16. The normalized spacial score (nSPS) is 12.4. The Hall–Kier alpha value is -1.74. The van der Waals surface area contributed by atoms with Gasteiger partial charge in [-0.05, 0) is 49.2 Å². The molecule has 0 saturated carbocycles. The summed E-state index contributed by atoms with van der Waals surface area (Å²) in [7, 11) is 0. The maximum Gasteiger partial charge on any atom is 0.123 e. The number of benzene rings is 1. The largest absolute Gasteiger partial charge is 0.306 e. The average molecular weight is 258 g/mol. The number of nitrogens with zero attached hydrogens (tertiary/aromatic N) is 1. The highest BCUT2D eigenvalue weighted by molar-refractivity contribution is 5.33. The highest BCUT2D eigenvalue weighted by atomic mass is 19.1. The smallest absolute Gasteiger partial charge is 0.123 e. The lowest BCUT2D eigenvalue weighted by molar-refractivity contribution is 0.582. The molecule has 0 aliphatic carbocycles. The van der Waals surface area contributed by atoms with Crippen molar-refractivity contribution in [3.63, 3.8) is 0 Å². The molecule has 1 aromatic carbocycles. The Balaban J connectivity index is 2.38. The zero-order chi connectivity index (χ0) is 13.7. The van der Waals surface area contributed by atoms with Gasteiger partial charge in [0.2, 0.25) is 0 Å². The molecule has 1 atom stereocenters. The van der Waals surface area contributed by atoms with E-state index in [0.29, 0.717) is 0 Å². The molecular formula is C16H19FN2. The maximum absolute atomic E-state index is 13.4. The number of rotatable bonds is 5. The zero-order valence-corrected chi connectivity index (χ0v) is 11.4. The average Bonchev–Trinajstić information content (AvgIpc) is 2.41. The van der Waals surface area contributed by atoms with Crippen molar-refractivity contribution in [2.75, 3.05) is 6.54 Å². The summed E-state index contributed by atoms with van der Waals surface area (Å²) in [6, 6.07) is 10.7. The monoisotopic (exact) mass is 258 g/mol. The van der Waals surface area contributed by atoms with Gasteiger partial charge in [0, 0.05) is 11.9 Å². The second kappa shape index (κ2) is 6.43. The summed E-state index contributed by atoms with van der Waals surface area (Å²) in [6.07, 6.45) is 2.81. The van der Waals surface area contributed by atoms with Crippen molar-refractivity contribution in [3.05, 3.63) is 65.2 Å². The quantitative estimate of drug-likeness (QED) is 0.886. The van der Waals surface area contributed by atoms with Gasteiger partial charge in [-0.15, -0.1) is 0 Å². The van der Waals surface area contributed by atoms with Crippen LogP contribution in [0.3, 0.4) is 0 Å². The van der Waals surface area contributed by atoms with Crippen molar-refractivity contribution in [2.45, 2.75) is 26.3 Å². The van der Waals surface area contributed by atoms with Crippen LogP contribution >= 0.6 is 0 Å². The first-order valence-corrected chi connectivity index (χ1v) is 6.62. The van der Waals surface area contributed by atoms with Crippen LogP contribution in [0.1, 0.15) is 36.2 Å². The molecule has 2 rings (SSSR count). The molecule has 0 amide bonds. The third-order valence-corrected chi connectivity index (χ3v) is 3.14. The van der Waals surface area contributed by atoms with Crippen LogP contribution in [0.25, 0.3) is 0 Å². The molecule has 2 nitrogen and oxygen atoms in total. The predicted molar refractivity (Wildman–Crippen MR) is 75.5 cm³/mol. The third-order valence-electron chi connectivity index (χ3n) is 3.14. The number of aryl methyl sites for hydroxylation is 1. The van der Waals surface area contributed by atoms with Crippen LogP contribution in [-0.2, 0) is 0 Å². The third kappa shape index (κ3) is 3.38. The molecule has 3 heteroatoms. The SMILES string of the molecule is CCCNC(c1cccc(F)c1)c1cccnc1C. The second-order valence-electron chi connectivity index (χ2n) is 4.62. The molecule has 0 radical (unpaired) electrons. The molecule has 1 N–H and O–H groups in total. The van der Waals surface area contributed by atoms with Crippen molar-refractivity contribution < 1.29 is 4.39 Å². The summed E-state index contributed by atoms with van der Waals surface area (Å²) >= 11 is 0. The molecule has 2 aromatic rings. The van der Waals surface area contributed by atoms with Crippen molar-refractivity contribution in [1.29, 1.82) is 0 Å². The Morgan fingerprint density at radius 3 is 2.79 bits per heavy atom. The fourth-order valence-electron chi connectivity index (χ4n) is 2.18. The van der Waals surface area contributed by atoms with Crippen molar-refractivity contribution in [3.8, 4) is 0 Å². The number of nitrogens with one attached hydrogen (secondary N) is 1. The molecule has 0 bridgehead atoms. The molecule has 1 unspecified atom stereocenters. The summed E-state index contributed by atoms with van der Waals surface area (Å²) in [6.45, 7) is 4.98. The lowest BCUT2D eigenvalue weighted by Crippen LogP contribution is -2.24. The summed E-state index contributed by atoms with van der Waals surface area (Å²) in [5.74, 6) is -0.206. The van der Waals surface area contributed by atoms with Gasteiger partial charge in [-0.1, -0.05) is 25.1 Å². The fraction of sp³-hybridized carbons (Fsp3) is 0.312.